The van der Waals surface area contributed by atoms with Crippen molar-refractivity contribution in [3.05, 3.63) is 29.6 Å². The lowest BCUT2D eigenvalue weighted by Crippen LogP contribution is -2.49. The fourth-order valence-corrected chi connectivity index (χ4v) is 4.99. The lowest BCUT2D eigenvalue weighted by molar-refractivity contribution is -0.128. The minimum Gasteiger partial charge on any atom is -0.493 e. The zero-order valence-electron chi connectivity index (χ0n) is 15.0. The Kier molecular flexibility index (Phi) is 6.08. The molecule has 0 spiro atoms. The number of carbonyl (C=O) groups is 1. The van der Waals surface area contributed by atoms with Gasteiger partial charge in [0.2, 0.25) is 5.91 Å². The molecular weight excluding hydrogens is 355 g/mol. The number of halogens is 2. The van der Waals surface area contributed by atoms with Crippen LogP contribution in [0.15, 0.2) is 18.2 Å². The molecule has 144 valence electrons. The molecule has 3 atom stereocenters. The van der Waals surface area contributed by atoms with E-state index in [0.717, 1.165) is 44.1 Å². The first kappa shape index (κ1) is 19.4. The second-order valence-electron chi connectivity index (χ2n) is 7.93. The van der Waals surface area contributed by atoms with Crippen LogP contribution in [0.1, 0.15) is 56.6 Å². The third-order valence-electron chi connectivity index (χ3n) is 6.34. The van der Waals surface area contributed by atoms with Gasteiger partial charge in [0.1, 0.15) is 11.6 Å². The molecule has 2 saturated carbocycles. The third-order valence-corrected chi connectivity index (χ3v) is 6.34. The first-order valence-electron chi connectivity index (χ1n) is 9.60. The SMILES string of the molecule is Cl.NC1C2CCCC1CC(C(=O)NC1CCCOc3ccc(F)cc31)C2. The Morgan fingerprint density at radius 1 is 1.15 bits per heavy atom. The number of amides is 1. The van der Waals surface area contributed by atoms with E-state index < -0.39 is 0 Å². The number of rotatable bonds is 2. The highest BCUT2D eigenvalue weighted by molar-refractivity contribution is 5.85. The van der Waals surface area contributed by atoms with Gasteiger partial charge in [-0.1, -0.05) is 6.42 Å². The number of benzene rings is 1. The second-order valence-corrected chi connectivity index (χ2v) is 7.93. The molecule has 6 heteroatoms. The monoisotopic (exact) mass is 382 g/mol. The molecule has 2 aliphatic carbocycles. The number of hydrogen-bond acceptors (Lipinski definition) is 3. The maximum absolute atomic E-state index is 13.7. The van der Waals surface area contributed by atoms with E-state index in [1.807, 2.05) is 0 Å². The first-order valence-corrected chi connectivity index (χ1v) is 9.60. The Hall–Kier alpha value is -1.33. The van der Waals surface area contributed by atoms with Crippen molar-refractivity contribution in [3.63, 3.8) is 0 Å². The summed E-state index contributed by atoms with van der Waals surface area (Å²) >= 11 is 0. The molecule has 2 fully saturated rings. The number of ether oxygens (including phenoxy) is 1. The van der Waals surface area contributed by atoms with Crippen LogP contribution in [-0.4, -0.2) is 18.6 Å². The van der Waals surface area contributed by atoms with Gasteiger partial charge in [0.25, 0.3) is 0 Å². The predicted octanol–water partition coefficient (Wildman–Crippen LogP) is 3.73. The van der Waals surface area contributed by atoms with E-state index in [2.05, 4.69) is 5.32 Å². The summed E-state index contributed by atoms with van der Waals surface area (Å²) in [5.41, 5.74) is 7.10. The van der Waals surface area contributed by atoms with E-state index in [1.165, 1.54) is 18.6 Å². The maximum atomic E-state index is 13.7. The van der Waals surface area contributed by atoms with Gasteiger partial charge in [-0.25, -0.2) is 4.39 Å². The van der Waals surface area contributed by atoms with Gasteiger partial charge in [-0.3, -0.25) is 4.79 Å². The Labute approximate surface area is 160 Å². The largest absolute Gasteiger partial charge is 0.493 e. The summed E-state index contributed by atoms with van der Waals surface area (Å²) in [5, 5.41) is 3.19. The third kappa shape index (κ3) is 3.84. The molecule has 0 saturated heterocycles. The highest BCUT2D eigenvalue weighted by Gasteiger charge is 2.41. The van der Waals surface area contributed by atoms with Gasteiger partial charge in [-0.2, -0.15) is 0 Å². The van der Waals surface area contributed by atoms with Crippen LogP contribution in [0.25, 0.3) is 0 Å². The minimum absolute atomic E-state index is 0. The summed E-state index contributed by atoms with van der Waals surface area (Å²) in [7, 11) is 0. The van der Waals surface area contributed by atoms with Crippen LogP contribution in [0.5, 0.6) is 5.75 Å². The van der Waals surface area contributed by atoms with E-state index in [-0.39, 0.29) is 42.1 Å². The Morgan fingerprint density at radius 2 is 1.88 bits per heavy atom. The lowest BCUT2D eigenvalue weighted by atomic mass is 9.65. The second kappa shape index (κ2) is 8.13. The van der Waals surface area contributed by atoms with Crippen molar-refractivity contribution in [2.24, 2.45) is 23.5 Å². The fraction of sp³-hybridized carbons (Fsp3) is 0.650. The van der Waals surface area contributed by atoms with Crippen LogP contribution in [0.4, 0.5) is 4.39 Å². The number of nitrogens with one attached hydrogen (secondary N) is 1. The van der Waals surface area contributed by atoms with E-state index >= 15 is 0 Å². The Morgan fingerprint density at radius 3 is 2.62 bits per heavy atom. The van der Waals surface area contributed by atoms with Crippen molar-refractivity contribution in [2.75, 3.05) is 6.61 Å². The van der Waals surface area contributed by atoms with Crippen LogP contribution >= 0.6 is 12.4 Å². The van der Waals surface area contributed by atoms with E-state index in [1.54, 1.807) is 6.07 Å². The average molecular weight is 383 g/mol. The molecule has 0 radical (unpaired) electrons. The van der Waals surface area contributed by atoms with Gasteiger partial charge >= 0.3 is 0 Å². The van der Waals surface area contributed by atoms with Crippen LogP contribution in [-0.2, 0) is 4.79 Å². The summed E-state index contributed by atoms with van der Waals surface area (Å²) in [6.07, 6.45) is 6.94. The zero-order chi connectivity index (χ0) is 17.4. The van der Waals surface area contributed by atoms with Crippen LogP contribution in [0.3, 0.4) is 0 Å². The molecule has 4 nitrogen and oxygen atoms in total. The Balaban J connectivity index is 0.00000196. The maximum Gasteiger partial charge on any atom is 0.223 e. The molecule has 1 aliphatic heterocycles. The molecule has 26 heavy (non-hydrogen) atoms. The highest BCUT2D eigenvalue weighted by atomic mass is 35.5. The summed E-state index contributed by atoms with van der Waals surface area (Å²) in [6.45, 7) is 0.605. The molecule has 3 aliphatic rings. The summed E-state index contributed by atoms with van der Waals surface area (Å²) in [6, 6.07) is 4.67. The van der Waals surface area contributed by atoms with Gasteiger partial charge in [-0.15, -0.1) is 12.4 Å². The molecule has 1 heterocycles. The van der Waals surface area contributed by atoms with E-state index in [9.17, 15) is 9.18 Å². The van der Waals surface area contributed by atoms with Crippen LogP contribution in [0, 0.1) is 23.6 Å². The average Bonchev–Trinajstić information content (AvgIpc) is 2.77. The summed E-state index contributed by atoms with van der Waals surface area (Å²) in [5.74, 6) is 1.49. The minimum atomic E-state index is -0.290. The molecule has 0 aromatic heterocycles. The van der Waals surface area contributed by atoms with Gasteiger partial charge in [-0.05, 0) is 68.6 Å². The van der Waals surface area contributed by atoms with Crippen LogP contribution < -0.4 is 15.8 Å². The molecule has 1 aromatic rings. The molecule has 4 rings (SSSR count). The topological polar surface area (TPSA) is 64.4 Å². The van der Waals surface area contributed by atoms with Crippen molar-refractivity contribution in [2.45, 2.75) is 57.0 Å². The van der Waals surface area contributed by atoms with Crippen molar-refractivity contribution < 1.29 is 13.9 Å². The van der Waals surface area contributed by atoms with Crippen molar-refractivity contribution in [1.82, 2.24) is 5.32 Å². The molecule has 1 aromatic carbocycles. The van der Waals surface area contributed by atoms with Crippen LogP contribution in [0.2, 0.25) is 0 Å². The molecule has 2 bridgehead atoms. The molecule has 1 amide bonds. The zero-order valence-corrected chi connectivity index (χ0v) is 15.8. The van der Waals surface area contributed by atoms with Crippen molar-refractivity contribution >= 4 is 18.3 Å². The molecule has 3 unspecified atom stereocenters. The van der Waals surface area contributed by atoms with Gasteiger partial charge in [0, 0.05) is 17.5 Å². The van der Waals surface area contributed by atoms with Gasteiger partial charge in [0.15, 0.2) is 0 Å². The summed E-state index contributed by atoms with van der Waals surface area (Å²) < 4.78 is 19.4. The molecule has 3 N–H and O–H groups in total. The summed E-state index contributed by atoms with van der Waals surface area (Å²) in [4.78, 5) is 12.9. The number of carbonyl (C=O) groups excluding carboxylic acids is 1. The number of hydrogen-bond donors (Lipinski definition) is 2. The lowest BCUT2D eigenvalue weighted by Gasteiger charge is -2.43. The molecular formula is C20H28ClFN2O2. The van der Waals surface area contributed by atoms with Crippen molar-refractivity contribution in [3.8, 4) is 5.75 Å². The first-order chi connectivity index (χ1) is 12.1. The Bertz CT molecular complexity index is 643. The predicted molar refractivity (Wildman–Crippen MR) is 101 cm³/mol. The highest BCUT2D eigenvalue weighted by Crippen LogP contribution is 2.42. The quantitative estimate of drug-likeness (QED) is 0.819. The number of nitrogens with two attached hydrogens (primary N) is 1. The fourth-order valence-electron chi connectivity index (χ4n) is 4.99. The van der Waals surface area contributed by atoms with E-state index in [0.29, 0.717) is 24.2 Å². The van der Waals surface area contributed by atoms with Gasteiger partial charge in [0.05, 0.1) is 12.6 Å². The smallest absolute Gasteiger partial charge is 0.223 e. The van der Waals surface area contributed by atoms with Gasteiger partial charge < -0.3 is 15.8 Å². The van der Waals surface area contributed by atoms with Crippen molar-refractivity contribution in [1.29, 1.82) is 0 Å². The number of fused-ring (bicyclic) bond motifs is 3. The standard InChI is InChI=1S/C20H27FN2O2.ClH/c21-15-6-7-18-16(11-15)17(5-2-8-25-18)23-20(24)14-9-12-3-1-4-13(10-14)19(12)22;/h6-7,11-14,17,19H,1-5,8-10,22H2,(H,23,24);1H. The normalized spacial score (nSPS) is 33.1. The van der Waals surface area contributed by atoms with E-state index in [4.69, 9.17) is 10.5 Å².